The molecule has 0 spiro atoms. The van der Waals surface area contributed by atoms with E-state index in [9.17, 15) is 0 Å². The molecule has 0 atom stereocenters. The zero-order valence-corrected chi connectivity index (χ0v) is 6.63. The molecular formula is C8H12N2O. The van der Waals surface area contributed by atoms with Crippen LogP contribution in [0.2, 0.25) is 0 Å². The number of aromatic nitrogens is 1. The van der Waals surface area contributed by atoms with E-state index in [1.165, 1.54) is 12.8 Å². The van der Waals surface area contributed by atoms with Crippen molar-refractivity contribution in [3.63, 3.8) is 0 Å². The van der Waals surface area contributed by atoms with E-state index in [4.69, 9.17) is 4.42 Å². The van der Waals surface area contributed by atoms with Crippen LogP contribution in [0.25, 0.3) is 0 Å². The molecule has 0 aromatic carbocycles. The van der Waals surface area contributed by atoms with Crippen molar-refractivity contribution in [2.45, 2.75) is 25.3 Å². The molecule has 1 fully saturated rings. The second-order valence-electron chi connectivity index (χ2n) is 2.97. The minimum atomic E-state index is 0.667. The average Bonchev–Trinajstić information content (AvgIpc) is 2.75. The summed E-state index contributed by atoms with van der Waals surface area (Å²) in [6, 6.07) is 0. The fourth-order valence-corrected chi connectivity index (χ4v) is 1.26. The van der Waals surface area contributed by atoms with Gasteiger partial charge >= 0.3 is 0 Å². The molecule has 1 aromatic rings. The van der Waals surface area contributed by atoms with Gasteiger partial charge in [-0.2, -0.15) is 0 Å². The van der Waals surface area contributed by atoms with E-state index in [0.717, 1.165) is 18.0 Å². The molecule has 11 heavy (non-hydrogen) atoms. The number of hydrogen-bond acceptors (Lipinski definition) is 3. The van der Waals surface area contributed by atoms with Gasteiger partial charge in [0.25, 0.3) is 0 Å². The number of nitrogens with one attached hydrogen (secondary N) is 1. The van der Waals surface area contributed by atoms with Crippen LogP contribution < -0.4 is 5.32 Å². The zero-order chi connectivity index (χ0) is 7.68. The minimum Gasteiger partial charge on any atom is -0.448 e. The summed E-state index contributed by atoms with van der Waals surface area (Å²) in [5.74, 6) is 1.76. The molecule has 3 heteroatoms. The molecule has 2 rings (SSSR count). The van der Waals surface area contributed by atoms with Gasteiger partial charge in [0.2, 0.25) is 0 Å². The predicted octanol–water partition coefficient (Wildman–Crippen LogP) is 1.27. The Bertz CT molecular complexity index is 240. The topological polar surface area (TPSA) is 38.1 Å². The largest absolute Gasteiger partial charge is 0.448 e. The lowest BCUT2D eigenvalue weighted by Gasteiger charge is -1.96. The molecule has 1 heterocycles. The van der Waals surface area contributed by atoms with Crippen LogP contribution in [0.1, 0.15) is 30.2 Å². The van der Waals surface area contributed by atoms with Gasteiger partial charge < -0.3 is 9.73 Å². The molecule has 3 nitrogen and oxygen atoms in total. The van der Waals surface area contributed by atoms with Crippen molar-refractivity contribution in [1.82, 2.24) is 10.3 Å². The van der Waals surface area contributed by atoms with Gasteiger partial charge in [0.1, 0.15) is 5.76 Å². The van der Waals surface area contributed by atoms with E-state index in [1.807, 2.05) is 7.05 Å². The Hall–Kier alpha value is -0.830. The van der Waals surface area contributed by atoms with Crippen molar-refractivity contribution < 1.29 is 4.42 Å². The Labute approximate surface area is 65.8 Å². The molecule has 1 aromatic heterocycles. The van der Waals surface area contributed by atoms with Crippen molar-refractivity contribution in [3.05, 3.63) is 17.8 Å². The third-order valence-corrected chi connectivity index (χ3v) is 1.97. The summed E-state index contributed by atoms with van der Waals surface area (Å²) in [5, 5.41) is 3.07. The van der Waals surface area contributed by atoms with Gasteiger partial charge in [0, 0.05) is 12.5 Å². The van der Waals surface area contributed by atoms with E-state index >= 15 is 0 Å². The number of hydrogen-bond donors (Lipinski definition) is 1. The van der Waals surface area contributed by atoms with Gasteiger partial charge in [-0.05, 0) is 19.9 Å². The second-order valence-corrected chi connectivity index (χ2v) is 2.97. The maximum atomic E-state index is 5.29. The van der Waals surface area contributed by atoms with Crippen LogP contribution in [-0.2, 0) is 6.54 Å². The fourth-order valence-electron chi connectivity index (χ4n) is 1.26. The Balaban J connectivity index is 2.16. The molecule has 0 bridgehead atoms. The van der Waals surface area contributed by atoms with Crippen molar-refractivity contribution in [2.24, 2.45) is 0 Å². The lowest BCUT2D eigenvalue weighted by molar-refractivity contribution is 0.502. The van der Waals surface area contributed by atoms with E-state index in [0.29, 0.717) is 5.92 Å². The third kappa shape index (κ3) is 1.28. The highest BCUT2D eigenvalue weighted by Crippen LogP contribution is 2.41. The van der Waals surface area contributed by atoms with Gasteiger partial charge in [-0.15, -0.1) is 0 Å². The summed E-state index contributed by atoms with van der Waals surface area (Å²) in [6.45, 7) is 0.822. The Kier molecular flexibility index (Phi) is 1.66. The maximum absolute atomic E-state index is 5.29. The Morgan fingerprint density at radius 1 is 1.73 bits per heavy atom. The first-order valence-electron chi connectivity index (χ1n) is 3.98. The third-order valence-electron chi connectivity index (χ3n) is 1.97. The van der Waals surface area contributed by atoms with Crippen LogP contribution in [-0.4, -0.2) is 12.0 Å². The van der Waals surface area contributed by atoms with Gasteiger partial charge in [0.15, 0.2) is 6.39 Å². The summed E-state index contributed by atoms with van der Waals surface area (Å²) >= 11 is 0. The predicted molar refractivity (Wildman–Crippen MR) is 41.2 cm³/mol. The lowest BCUT2D eigenvalue weighted by Crippen LogP contribution is -2.06. The molecule has 0 unspecified atom stereocenters. The molecule has 1 aliphatic rings. The van der Waals surface area contributed by atoms with Crippen LogP contribution >= 0.6 is 0 Å². The molecule has 0 radical (unpaired) electrons. The highest BCUT2D eigenvalue weighted by Gasteiger charge is 2.29. The molecule has 60 valence electrons. The first-order chi connectivity index (χ1) is 5.42. The van der Waals surface area contributed by atoms with Crippen LogP contribution in [0.5, 0.6) is 0 Å². The van der Waals surface area contributed by atoms with Crippen LogP contribution in [0, 0.1) is 0 Å². The standard InChI is InChI=1S/C8H12N2O/c1-9-4-7-8(6-2-3-6)11-5-10-7/h5-6,9H,2-4H2,1H3. The van der Waals surface area contributed by atoms with E-state index in [2.05, 4.69) is 10.3 Å². The van der Waals surface area contributed by atoms with Crippen LogP contribution in [0.3, 0.4) is 0 Å². The normalized spacial score (nSPS) is 17.2. The molecule has 1 N–H and O–H groups in total. The molecule has 1 saturated carbocycles. The maximum Gasteiger partial charge on any atom is 0.181 e. The van der Waals surface area contributed by atoms with E-state index in [1.54, 1.807) is 6.39 Å². The van der Waals surface area contributed by atoms with Gasteiger partial charge in [-0.1, -0.05) is 0 Å². The number of rotatable bonds is 3. The second kappa shape index (κ2) is 2.66. The van der Waals surface area contributed by atoms with Gasteiger partial charge in [0.05, 0.1) is 5.69 Å². The van der Waals surface area contributed by atoms with E-state index in [-0.39, 0.29) is 0 Å². The molecule has 0 amide bonds. The highest BCUT2D eigenvalue weighted by atomic mass is 16.3. The van der Waals surface area contributed by atoms with Gasteiger partial charge in [-0.25, -0.2) is 4.98 Å². The Morgan fingerprint density at radius 3 is 3.18 bits per heavy atom. The average molecular weight is 152 g/mol. The summed E-state index contributed by atoms with van der Waals surface area (Å²) in [6.07, 6.45) is 4.08. The monoisotopic (exact) mass is 152 g/mol. The number of nitrogens with zero attached hydrogens (tertiary/aromatic N) is 1. The van der Waals surface area contributed by atoms with Crippen LogP contribution in [0.15, 0.2) is 10.8 Å². The molecular weight excluding hydrogens is 140 g/mol. The fraction of sp³-hybridized carbons (Fsp3) is 0.625. The van der Waals surface area contributed by atoms with Crippen molar-refractivity contribution in [1.29, 1.82) is 0 Å². The van der Waals surface area contributed by atoms with Gasteiger partial charge in [-0.3, -0.25) is 0 Å². The van der Waals surface area contributed by atoms with Crippen molar-refractivity contribution in [2.75, 3.05) is 7.05 Å². The first-order valence-corrected chi connectivity index (χ1v) is 3.98. The van der Waals surface area contributed by atoms with Crippen molar-refractivity contribution in [3.8, 4) is 0 Å². The number of oxazole rings is 1. The smallest absolute Gasteiger partial charge is 0.181 e. The summed E-state index contributed by atoms with van der Waals surface area (Å²) < 4.78 is 5.29. The molecule has 0 saturated heterocycles. The minimum absolute atomic E-state index is 0.667. The highest BCUT2D eigenvalue weighted by molar-refractivity contribution is 5.17. The Morgan fingerprint density at radius 2 is 2.55 bits per heavy atom. The van der Waals surface area contributed by atoms with E-state index < -0.39 is 0 Å². The lowest BCUT2D eigenvalue weighted by atomic mass is 10.2. The van der Waals surface area contributed by atoms with Crippen molar-refractivity contribution >= 4 is 0 Å². The molecule has 0 aliphatic heterocycles. The zero-order valence-electron chi connectivity index (χ0n) is 6.63. The quantitative estimate of drug-likeness (QED) is 0.708. The SMILES string of the molecule is CNCc1ncoc1C1CC1. The first kappa shape index (κ1) is 6.85. The summed E-state index contributed by atoms with van der Waals surface area (Å²) in [7, 11) is 1.92. The van der Waals surface area contributed by atoms with Crippen LogP contribution in [0.4, 0.5) is 0 Å². The summed E-state index contributed by atoms with van der Waals surface area (Å²) in [4.78, 5) is 4.14. The summed E-state index contributed by atoms with van der Waals surface area (Å²) in [5.41, 5.74) is 1.08. The molecule has 1 aliphatic carbocycles.